The zero-order chi connectivity index (χ0) is 9.94. The molecule has 0 saturated heterocycles. The Bertz CT molecular complexity index is 98.9. The van der Waals surface area contributed by atoms with Gasteiger partial charge >= 0.3 is 0 Å². The van der Waals surface area contributed by atoms with Crippen LogP contribution in [-0.4, -0.2) is 31.0 Å². The summed E-state index contributed by atoms with van der Waals surface area (Å²) in [6.07, 6.45) is 5.54. The molecular formula is C10H23NO2. The highest BCUT2D eigenvalue weighted by molar-refractivity contribution is 4.57. The Balaban J connectivity index is 2.97. The molecule has 80 valence electrons. The Morgan fingerprint density at radius 2 is 2.08 bits per heavy atom. The summed E-state index contributed by atoms with van der Waals surface area (Å²) < 4.78 is 5.36. The van der Waals surface area contributed by atoms with Gasteiger partial charge in [-0.25, -0.2) is 0 Å². The Morgan fingerprint density at radius 1 is 1.31 bits per heavy atom. The minimum atomic E-state index is -0.00354. The minimum Gasteiger partial charge on any atom is -0.396 e. The Labute approximate surface area is 81.3 Å². The molecule has 0 bridgehead atoms. The lowest BCUT2D eigenvalue weighted by Gasteiger charge is -2.10. The second-order valence-corrected chi connectivity index (χ2v) is 3.41. The lowest BCUT2D eigenvalue weighted by atomic mass is 10.2. The van der Waals surface area contributed by atoms with Crippen molar-refractivity contribution in [3.05, 3.63) is 0 Å². The van der Waals surface area contributed by atoms with E-state index >= 15 is 0 Å². The number of ether oxygens (including phenoxy) is 1. The van der Waals surface area contributed by atoms with Crippen LogP contribution >= 0.6 is 0 Å². The van der Waals surface area contributed by atoms with Crippen molar-refractivity contribution in [1.29, 1.82) is 0 Å². The van der Waals surface area contributed by atoms with Crippen molar-refractivity contribution in [3.8, 4) is 0 Å². The monoisotopic (exact) mass is 189 g/mol. The first-order valence-electron chi connectivity index (χ1n) is 5.25. The summed E-state index contributed by atoms with van der Waals surface area (Å²) in [6.45, 7) is 3.73. The van der Waals surface area contributed by atoms with Gasteiger partial charge in [-0.3, -0.25) is 0 Å². The molecular weight excluding hydrogens is 166 g/mol. The fraction of sp³-hybridized carbons (Fsp3) is 1.00. The summed E-state index contributed by atoms with van der Waals surface area (Å²) in [5.74, 6) is 0. The van der Waals surface area contributed by atoms with Crippen LogP contribution in [0.1, 0.15) is 39.0 Å². The second-order valence-electron chi connectivity index (χ2n) is 3.41. The summed E-state index contributed by atoms with van der Waals surface area (Å²) in [5.41, 5.74) is 5.64. The maximum absolute atomic E-state index is 8.57. The Kier molecular flexibility index (Phi) is 9.87. The Morgan fingerprint density at radius 3 is 2.69 bits per heavy atom. The molecule has 3 heteroatoms. The quantitative estimate of drug-likeness (QED) is 0.537. The number of aliphatic hydroxyl groups excluding tert-OH is 1. The first-order valence-corrected chi connectivity index (χ1v) is 5.25. The number of rotatable bonds is 9. The van der Waals surface area contributed by atoms with Crippen LogP contribution in [0.15, 0.2) is 0 Å². The van der Waals surface area contributed by atoms with Crippen molar-refractivity contribution in [2.45, 2.75) is 45.1 Å². The molecule has 1 atom stereocenters. The first kappa shape index (κ1) is 12.9. The van der Waals surface area contributed by atoms with E-state index in [1.165, 1.54) is 19.3 Å². The van der Waals surface area contributed by atoms with Crippen molar-refractivity contribution in [3.63, 3.8) is 0 Å². The van der Waals surface area contributed by atoms with E-state index in [4.69, 9.17) is 15.6 Å². The highest BCUT2D eigenvalue weighted by atomic mass is 16.5. The van der Waals surface area contributed by atoms with Crippen LogP contribution in [-0.2, 0) is 4.74 Å². The molecule has 0 aromatic rings. The second kappa shape index (κ2) is 9.96. The van der Waals surface area contributed by atoms with Gasteiger partial charge in [-0.15, -0.1) is 0 Å². The number of unbranched alkanes of at least 4 members (excludes halogenated alkanes) is 3. The highest BCUT2D eigenvalue weighted by Gasteiger charge is 2.00. The number of nitrogens with two attached hydrogens (primary N) is 1. The van der Waals surface area contributed by atoms with Gasteiger partial charge in [0.1, 0.15) is 0 Å². The van der Waals surface area contributed by atoms with Crippen LogP contribution < -0.4 is 5.73 Å². The van der Waals surface area contributed by atoms with Crippen molar-refractivity contribution in [2.24, 2.45) is 5.73 Å². The Hall–Kier alpha value is -0.120. The third-order valence-electron chi connectivity index (χ3n) is 1.97. The van der Waals surface area contributed by atoms with Crippen molar-refractivity contribution in [2.75, 3.05) is 19.8 Å². The minimum absolute atomic E-state index is 0.00354. The summed E-state index contributed by atoms with van der Waals surface area (Å²) in [7, 11) is 0. The van der Waals surface area contributed by atoms with Gasteiger partial charge in [-0.05, 0) is 12.8 Å². The normalized spacial score (nSPS) is 13.2. The van der Waals surface area contributed by atoms with Crippen LogP contribution in [0.3, 0.4) is 0 Å². The lowest BCUT2D eigenvalue weighted by Crippen LogP contribution is -2.27. The molecule has 3 nitrogen and oxygen atoms in total. The fourth-order valence-electron chi connectivity index (χ4n) is 1.11. The van der Waals surface area contributed by atoms with Crippen LogP contribution in [0.5, 0.6) is 0 Å². The lowest BCUT2D eigenvalue weighted by molar-refractivity contribution is 0.109. The van der Waals surface area contributed by atoms with Crippen LogP contribution in [0.4, 0.5) is 0 Å². The maximum Gasteiger partial charge on any atom is 0.0618 e. The average molecular weight is 189 g/mol. The van der Waals surface area contributed by atoms with Gasteiger partial charge in [0, 0.05) is 19.3 Å². The predicted octanol–water partition coefficient (Wildman–Crippen LogP) is 1.29. The molecule has 0 fully saturated rings. The predicted molar refractivity (Wildman–Crippen MR) is 54.6 cm³/mol. The van der Waals surface area contributed by atoms with E-state index in [0.29, 0.717) is 13.0 Å². The van der Waals surface area contributed by atoms with Crippen molar-refractivity contribution < 1.29 is 9.84 Å². The van der Waals surface area contributed by atoms with E-state index in [1.54, 1.807) is 0 Å². The molecule has 0 radical (unpaired) electrons. The average Bonchev–Trinajstić information content (AvgIpc) is 2.11. The fourth-order valence-corrected chi connectivity index (χ4v) is 1.11. The van der Waals surface area contributed by atoms with Crippen LogP contribution in [0, 0.1) is 0 Å². The van der Waals surface area contributed by atoms with Gasteiger partial charge in [0.2, 0.25) is 0 Å². The number of hydrogen-bond acceptors (Lipinski definition) is 3. The molecule has 1 unspecified atom stereocenters. The molecule has 3 N–H and O–H groups in total. The molecule has 0 aliphatic rings. The summed E-state index contributed by atoms with van der Waals surface area (Å²) in [4.78, 5) is 0. The van der Waals surface area contributed by atoms with E-state index in [9.17, 15) is 0 Å². The first-order chi connectivity index (χ1) is 6.31. The van der Waals surface area contributed by atoms with E-state index < -0.39 is 0 Å². The highest BCUT2D eigenvalue weighted by Crippen LogP contribution is 1.99. The maximum atomic E-state index is 8.57. The standard InChI is InChI=1S/C10H23NO2/c1-2-3-4-5-8-13-9-10(11)6-7-12/h10,12H,2-9,11H2,1H3. The molecule has 0 saturated carbocycles. The van der Waals surface area contributed by atoms with Gasteiger partial charge < -0.3 is 15.6 Å². The molecule has 0 aliphatic heterocycles. The topological polar surface area (TPSA) is 55.5 Å². The summed E-state index contributed by atoms with van der Waals surface area (Å²) in [6, 6.07) is -0.00354. The van der Waals surface area contributed by atoms with Crippen LogP contribution in [0.25, 0.3) is 0 Å². The molecule has 0 rings (SSSR count). The van der Waals surface area contributed by atoms with E-state index in [0.717, 1.165) is 13.0 Å². The molecule has 13 heavy (non-hydrogen) atoms. The van der Waals surface area contributed by atoms with Gasteiger partial charge in [-0.1, -0.05) is 26.2 Å². The SMILES string of the molecule is CCCCCCOCC(N)CCO. The summed E-state index contributed by atoms with van der Waals surface area (Å²) >= 11 is 0. The van der Waals surface area contributed by atoms with E-state index in [2.05, 4.69) is 6.92 Å². The summed E-state index contributed by atoms with van der Waals surface area (Å²) in [5, 5.41) is 8.57. The largest absolute Gasteiger partial charge is 0.396 e. The van der Waals surface area contributed by atoms with Gasteiger partial charge in [0.05, 0.1) is 6.61 Å². The van der Waals surface area contributed by atoms with Gasteiger partial charge in [0.15, 0.2) is 0 Å². The van der Waals surface area contributed by atoms with Crippen molar-refractivity contribution >= 4 is 0 Å². The smallest absolute Gasteiger partial charge is 0.0618 e. The van der Waals surface area contributed by atoms with Crippen LogP contribution in [0.2, 0.25) is 0 Å². The van der Waals surface area contributed by atoms with E-state index in [-0.39, 0.29) is 12.6 Å². The molecule has 0 spiro atoms. The molecule has 0 heterocycles. The van der Waals surface area contributed by atoms with Crippen molar-refractivity contribution in [1.82, 2.24) is 0 Å². The van der Waals surface area contributed by atoms with Gasteiger partial charge in [0.25, 0.3) is 0 Å². The molecule has 0 aromatic carbocycles. The zero-order valence-corrected chi connectivity index (χ0v) is 8.67. The molecule has 0 amide bonds. The molecule has 0 aliphatic carbocycles. The third-order valence-corrected chi connectivity index (χ3v) is 1.97. The number of aliphatic hydroxyl groups is 1. The third kappa shape index (κ3) is 9.80. The number of hydrogen-bond donors (Lipinski definition) is 2. The van der Waals surface area contributed by atoms with E-state index in [1.807, 2.05) is 0 Å². The zero-order valence-electron chi connectivity index (χ0n) is 8.67. The molecule has 0 aromatic heterocycles. The van der Waals surface area contributed by atoms with Gasteiger partial charge in [-0.2, -0.15) is 0 Å².